The van der Waals surface area contributed by atoms with Crippen molar-refractivity contribution >= 4 is 35.9 Å². The van der Waals surface area contributed by atoms with E-state index in [2.05, 4.69) is 15.1 Å². The molecule has 3 rings (SSSR count). The van der Waals surface area contributed by atoms with Crippen LogP contribution in [0.15, 0.2) is 21.9 Å². The molecule has 1 unspecified atom stereocenters. The molecule has 2 aliphatic rings. The van der Waals surface area contributed by atoms with Crippen molar-refractivity contribution in [3.63, 3.8) is 0 Å². The second-order valence-electron chi connectivity index (χ2n) is 8.49. The summed E-state index contributed by atoms with van der Waals surface area (Å²) in [4.78, 5) is 60.7. The van der Waals surface area contributed by atoms with E-state index in [9.17, 15) is 38.8 Å². The van der Waals surface area contributed by atoms with Gasteiger partial charge in [0.25, 0.3) is 5.56 Å². The highest BCUT2D eigenvalue weighted by Gasteiger charge is 2.54. The summed E-state index contributed by atoms with van der Waals surface area (Å²) < 4.78 is 30.2. The van der Waals surface area contributed by atoms with Crippen LogP contribution in [-0.2, 0) is 32.9 Å². The highest BCUT2D eigenvalue weighted by Crippen LogP contribution is 2.57. The van der Waals surface area contributed by atoms with Crippen LogP contribution < -0.4 is 21.7 Å². The third-order valence-corrected chi connectivity index (χ3v) is 9.87. The predicted octanol–water partition coefficient (Wildman–Crippen LogP) is -1.78. The van der Waals surface area contributed by atoms with Gasteiger partial charge in [-0.2, -0.15) is 0 Å². The van der Waals surface area contributed by atoms with E-state index < -0.39 is 78.4 Å². The SMILES string of the molecule is COC(=O)[C@@H](C)N[P@@](=O)(OC[C@H]1O[C@@H](n2ccc(=O)[nH]c2=O)[C@](C)(O)[C@@H]1O)SCC1CC(=O)NC1=O. The molecule has 0 aliphatic carbocycles. The average Bonchev–Trinajstić information content (AvgIpc) is 3.24. The number of hydrogen-bond donors (Lipinski definition) is 5. The minimum atomic E-state index is -3.98. The lowest BCUT2D eigenvalue weighted by molar-refractivity contribution is -0.142. The Balaban J connectivity index is 1.76. The summed E-state index contributed by atoms with van der Waals surface area (Å²) >= 11 is 0.676. The van der Waals surface area contributed by atoms with Gasteiger partial charge in [-0.15, -0.1) is 0 Å². The fourth-order valence-electron chi connectivity index (χ4n) is 3.67. The molecule has 0 saturated carbocycles. The van der Waals surface area contributed by atoms with E-state index in [1.54, 1.807) is 0 Å². The normalized spacial score (nSPS) is 30.6. The number of nitrogens with one attached hydrogen (secondary N) is 3. The number of hydrogen-bond acceptors (Lipinski definition) is 12. The van der Waals surface area contributed by atoms with Crippen LogP contribution >= 0.6 is 18.1 Å². The minimum Gasteiger partial charge on any atom is -0.468 e. The van der Waals surface area contributed by atoms with Gasteiger partial charge >= 0.3 is 18.4 Å². The molecule has 7 atom stereocenters. The van der Waals surface area contributed by atoms with Crippen molar-refractivity contribution in [2.24, 2.45) is 5.92 Å². The van der Waals surface area contributed by atoms with Crippen LogP contribution in [0.1, 0.15) is 26.5 Å². The number of rotatable bonds is 10. The quantitative estimate of drug-likeness (QED) is 0.124. The van der Waals surface area contributed by atoms with E-state index in [0.29, 0.717) is 11.4 Å². The molecule has 5 N–H and O–H groups in total. The number of imide groups is 1. The van der Waals surface area contributed by atoms with Crippen molar-refractivity contribution < 1.29 is 43.2 Å². The number of carbonyl (C=O) groups is 3. The third-order valence-electron chi connectivity index (χ3n) is 5.68. The van der Waals surface area contributed by atoms with Crippen molar-refractivity contribution in [1.82, 2.24) is 20.0 Å². The van der Waals surface area contributed by atoms with Gasteiger partial charge in [-0.05, 0) is 13.8 Å². The summed E-state index contributed by atoms with van der Waals surface area (Å²) in [5.74, 6) is -2.59. The van der Waals surface area contributed by atoms with E-state index in [1.165, 1.54) is 13.8 Å². The number of aromatic amines is 1. The Labute approximate surface area is 208 Å². The maximum Gasteiger partial charge on any atom is 0.330 e. The lowest BCUT2D eigenvalue weighted by Crippen LogP contribution is -2.46. The lowest BCUT2D eigenvalue weighted by atomic mass is 9.96. The molecular formula is C19H27N4O11PS. The monoisotopic (exact) mass is 550 g/mol. The van der Waals surface area contributed by atoms with Crippen LogP contribution in [0, 0.1) is 5.92 Å². The second-order valence-corrected chi connectivity index (χ2v) is 12.8. The molecule has 1 aromatic heterocycles. The first-order valence-electron chi connectivity index (χ1n) is 10.7. The van der Waals surface area contributed by atoms with Crippen LogP contribution in [0.5, 0.6) is 0 Å². The summed E-state index contributed by atoms with van der Waals surface area (Å²) in [5.41, 5.74) is -3.57. The zero-order chi connectivity index (χ0) is 26.8. The first-order valence-corrected chi connectivity index (χ1v) is 13.9. The molecule has 0 aromatic carbocycles. The van der Waals surface area contributed by atoms with Crippen molar-refractivity contribution in [2.45, 2.75) is 50.3 Å². The van der Waals surface area contributed by atoms with Gasteiger partial charge < -0.3 is 24.2 Å². The van der Waals surface area contributed by atoms with Crippen molar-refractivity contribution in [3.8, 4) is 0 Å². The molecule has 36 heavy (non-hydrogen) atoms. The summed E-state index contributed by atoms with van der Waals surface area (Å²) in [7, 11) is 1.14. The summed E-state index contributed by atoms with van der Waals surface area (Å²) in [6, 6.07) is -0.0541. The zero-order valence-electron chi connectivity index (χ0n) is 19.5. The Bertz CT molecular complexity index is 1180. The molecule has 0 radical (unpaired) electrons. The zero-order valence-corrected chi connectivity index (χ0v) is 21.2. The first-order chi connectivity index (χ1) is 16.8. The number of methoxy groups -OCH3 is 1. The van der Waals surface area contributed by atoms with Gasteiger partial charge in [-0.1, -0.05) is 11.4 Å². The van der Waals surface area contributed by atoms with Gasteiger partial charge in [0, 0.05) is 24.4 Å². The van der Waals surface area contributed by atoms with Crippen molar-refractivity contribution in [3.05, 3.63) is 33.1 Å². The molecule has 1 aromatic rings. The fourth-order valence-corrected chi connectivity index (χ4v) is 7.69. The maximum atomic E-state index is 13.6. The molecule has 17 heteroatoms. The largest absolute Gasteiger partial charge is 0.468 e. The third kappa shape index (κ3) is 6.14. The highest BCUT2D eigenvalue weighted by molar-refractivity contribution is 8.56. The van der Waals surface area contributed by atoms with Gasteiger partial charge in [0.2, 0.25) is 11.8 Å². The van der Waals surface area contributed by atoms with E-state index in [0.717, 1.165) is 23.9 Å². The Morgan fingerprint density at radius 1 is 1.42 bits per heavy atom. The van der Waals surface area contributed by atoms with Gasteiger partial charge in [-0.3, -0.25) is 38.6 Å². The summed E-state index contributed by atoms with van der Waals surface area (Å²) in [6.45, 7) is -1.96. The molecule has 2 aliphatic heterocycles. The minimum absolute atomic E-state index is 0.0864. The second kappa shape index (κ2) is 11.0. The number of nitrogens with zero attached hydrogens (tertiary/aromatic N) is 1. The number of esters is 1. The van der Waals surface area contributed by atoms with Crippen molar-refractivity contribution in [2.75, 3.05) is 19.5 Å². The predicted molar refractivity (Wildman–Crippen MR) is 124 cm³/mol. The van der Waals surface area contributed by atoms with Crippen LogP contribution in [-0.4, -0.2) is 80.9 Å². The number of aliphatic hydroxyl groups is 2. The summed E-state index contributed by atoms with van der Waals surface area (Å²) in [6.07, 6.45) is -3.33. The van der Waals surface area contributed by atoms with Crippen LogP contribution in [0.3, 0.4) is 0 Å². The van der Waals surface area contributed by atoms with Gasteiger partial charge in [0.1, 0.15) is 23.9 Å². The molecule has 0 bridgehead atoms. The Hall–Kier alpha value is -2.33. The van der Waals surface area contributed by atoms with E-state index in [-0.39, 0.29) is 12.2 Å². The molecule has 2 amide bonds. The molecule has 3 heterocycles. The van der Waals surface area contributed by atoms with Crippen LogP contribution in [0.4, 0.5) is 0 Å². The standard InChI is InChI=1S/C19H27N4O11PS/c1-9(16(28)32-3)22-35(31,36-8-10-6-13(25)20-15(10)27)33-7-11-14(26)19(2,30)17(34-11)23-5-4-12(24)21-18(23)29/h4-5,9-11,14,17,26,30H,6-8H2,1-3H3,(H,22,31)(H,20,25,27)(H,21,24,29)/t9-,10?,11-,14-,17-,19-,35-/m1/s1. The van der Waals surface area contributed by atoms with E-state index in [1.807, 2.05) is 4.98 Å². The first kappa shape index (κ1) is 28.2. The number of H-pyrrole nitrogens is 1. The molecule has 200 valence electrons. The Morgan fingerprint density at radius 2 is 2.11 bits per heavy atom. The number of aliphatic hydroxyl groups excluding tert-OH is 1. The number of amides is 2. The van der Waals surface area contributed by atoms with Crippen LogP contribution in [0.25, 0.3) is 0 Å². The Kier molecular flexibility index (Phi) is 8.60. The van der Waals surface area contributed by atoms with Gasteiger partial charge in [0.05, 0.1) is 19.6 Å². The number of aromatic nitrogens is 2. The highest BCUT2D eigenvalue weighted by atomic mass is 32.7. The molecule has 15 nitrogen and oxygen atoms in total. The molecule has 2 fully saturated rings. The fraction of sp³-hybridized carbons (Fsp3) is 0.632. The summed E-state index contributed by atoms with van der Waals surface area (Å²) in [5, 5.41) is 26.1. The van der Waals surface area contributed by atoms with Crippen LogP contribution in [0.2, 0.25) is 0 Å². The molecule has 2 saturated heterocycles. The topological polar surface area (TPSA) is 215 Å². The number of ether oxygens (including phenoxy) is 2. The van der Waals surface area contributed by atoms with Gasteiger partial charge in [-0.25, -0.2) is 9.88 Å². The number of carbonyl (C=O) groups excluding carboxylic acids is 3. The molecular weight excluding hydrogens is 523 g/mol. The Morgan fingerprint density at radius 3 is 2.69 bits per heavy atom. The average molecular weight is 550 g/mol. The lowest BCUT2D eigenvalue weighted by Gasteiger charge is -2.27. The maximum absolute atomic E-state index is 13.6. The van der Waals surface area contributed by atoms with Gasteiger partial charge in [0.15, 0.2) is 6.23 Å². The van der Waals surface area contributed by atoms with E-state index in [4.69, 9.17) is 9.26 Å². The van der Waals surface area contributed by atoms with Crippen molar-refractivity contribution in [1.29, 1.82) is 0 Å². The smallest absolute Gasteiger partial charge is 0.330 e. The van der Waals surface area contributed by atoms with E-state index >= 15 is 0 Å². The molecule has 0 spiro atoms.